The van der Waals surface area contributed by atoms with E-state index >= 15 is 0 Å². The SMILES string of the molecule is O=[N+]([O-])Oc1ccc(/N=N/c2ccc(O)c(O)c2)cc1. The summed E-state index contributed by atoms with van der Waals surface area (Å²) < 4.78 is 0. The van der Waals surface area contributed by atoms with E-state index in [0.29, 0.717) is 11.4 Å². The van der Waals surface area contributed by atoms with Crippen molar-refractivity contribution in [2.24, 2.45) is 10.2 Å². The lowest BCUT2D eigenvalue weighted by Gasteiger charge is -1.99. The van der Waals surface area contributed by atoms with E-state index in [1.54, 1.807) is 0 Å². The van der Waals surface area contributed by atoms with Crippen LogP contribution in [0.1, 0.15) is 0 Å². The molecule has 0 unspecified atom stereocenters. The minimum Gasteiger partial charge on any atom is -0.504 e. The van der Waals surface area contributed by atoms with E-state index in [0.717, 1.165) is 0 Å². The largest absolute Gasteiger partial charge is 0.504 e. The van der Waals surface area contributed by atoms with Crippen molar-refractivity contribution in [3.05, 3.63) is 52.6 Å². The summed E-state index contributed by atoms with van der Waals surface area (Å²) >= 11 is 0. The number of hydrogen-bond donors (Lipinski definition) is 2. The molecular weight excluding hydrogens is 266 g/mol. The van der Waals surface area contributed by atoms with E-state index in [4.69, 9.17) is 5.11 Å². The number of phenols is 2. The van der Waals surface area contributed by atoms with Gasteiger partial charge in [0.1, 0.15) is 5.75 Å². The van der Waals surface area contributed by atoms with Crippen LogP contribution in [-0.4, -0.2) is 15.3 Å². The molecule has 0 radical (unpaired) electrons. The van der Waals surface area contributed by atoms with Gasteiger partial charge in [0.25, 0.3) is 5.09 Å². The molecule has 0 spiro atoms. The molecule has 8 nitrogen and oxygen atoms in total. The lowest BCUT2D eigenvalue weighted by Crippen LogP contribution is -2.02. The van der Waals surface area contributed by atoms with Crippen molar-refractivity contribution in [3.8, 4) is 17.2 Å². The van der Waals surface area contributed by atoms with Gasteiger partial charge in [-0.25, -0.2) is 0 Å². The van der Waals surface area contributed by atoms with Gasteiger partial charge in [0.2, 0.25) is 0 Å². The quantitative estimate of drug-likeness (QED) is 0.384. The van der Waals surface area contributed by atoms with Gasteiger partial charge in [-0.15, -0.1) is 10.1 Å². The Balaban J connectivity index is 2.10. The van der Waals surface area contributed by atoms with Crippen molar-refractivity contribution in [1.29, 1.82) is 0 Å². The van der Waals surface area contributed by atoms with E-state index in [1.165, 1.54) is 42.5 Å². The van der Waals surface area contributed by atoms with Crippen LogP contribution in [-0.2, 0) is 0 Å². The fourth-order valence-corrected chi connectivity index (χ4v) is 1.35. The number of azo groups is 1. The first-order valence-corrected chi connectivity index (χ1v) is 5.41. The average Bonchev–Trinajstić information content (AvgIpc) is 2.41. The summed E-state index contributed by atoms with van der Waals surface area (Å²) in [6.45, 7) is 0. The van der Waals surface area contributed by atoms with Gasteiger partial charge >= 0.3 is 0 Å². The summed E-state index contributed by atoms with van der Waals surface area (Å²) in [5.41, 5.74) is 0.805. The summed E-state index contributed by atoms with van der Waals surface area (Å²) in [6, 6.07) is 9.76. The number of aromatic hydroxyl groups is 2. The molecule has 0 bridgehead atoms. The topological polar surface area (TPSA) is 118 Å². The summed E-state index contributed by atoms with van der Waals surface area (Å²) in [5.74, 6) is -0.461. The van der Waals surface area contributed by atoms with E-state index in [-0.39, 0.29) is 17.2 Å². The first-order chi connectivity index (χ1) is 9.54. The Hall–Kier alpha value is -3.16. The second-order valence-electron chi connectivity index (χ2n) is 3.68. The number of rotatable bonds is 4. The first-order valence-electron chi connectivity index (χ1n) is 5.41. The Kier molecular flexibility index (Phi) is 3.75. The Morgan fingerprint density at radius 1 is 0.950 bits per heavy atom. The zero-order valence-corrected chi connectivity index (χ0v) is 10.0. The monoisotopic (exact) mass is 275 g/mol. The van der Waals surface area contributed by atoms with E-state index < -0.39 is 5.09 Å². The molecule has 20 heavy (non-hydrogen) atoms. The molecule has 0 saturated carbocycles. The van der Waals surface area contributed by atoms with E-state index in [1.807, 2.05) is 0 Å². The maximum atomic E-state index is 10.1. The van der Waals surface area contributed by atoms with E-state index in [2.05, 4.69) is 15.1 Å². The molecule has 2 aromatic rings. The molecule has 2 N–H and O–H groups in total. The third-order valence-corrected chi connectivity index (χ3v) is 2.26. The van der Waals surface area contributed by atoms with Gasteiger partial charge in [0.05, 0.1) is 11.4 Å². The average molecular weight is 275 g/mol. The van der Waals surface area contributed by atoms with Crippen molar-refractivity contribution in [2.45, 2.75) is 0 Å². The molecule has 0 aliphatic heterocycles. The Morgan fingerprint density at radius 2 is 1.55 bits per heavy atom. The molecule has 0 aromatic heterocycles. The maximum Gasteiger partial charge on any atom is 0.299 e. The van der Waals surface area contributed by atoms with Crippen molar-refractivity contribution < 1.29 is 20.1 Å². The van der Waals surface area contributed by atoms with Crippen LogP contribution in [0.4, 0.5) is 11.4 Å². The summed E-state index contributed by atoms with van der Waals surface area (Å²) in [4.78, 5) is 14.4. The van der Waals surface area contributed by atoms with Crippen molar-refractivity contribution in [1.82, 2.24) is 0 Å². The number of hydrogen-bond acceptors (Lipinski definition) is 7. The predicted molar refractivity (Wildman–Crippen MR) is 68.0 cm³/mol. The molecule has 2 rings (SSSR count). The second-order valence-corrected chi connectivity index (χ2v) is 3.68. The van der Waals surface area contributed by atoms with Crippen molar-refractivity contribution in [2.75, 3.05) is 0 Å². The Morgan fingerprint density at radius 3 is 2.15 bits per heavy atom. The molecule has 2 aromatic carbocycles. The third kappa shape index (κ3) is 3.42. The highest BCUT2D eigenvalue weighted by Crippen LogP contribution is 2.30. The van der Waals surface area contributed by atoms with Crippen molar-refractivity contribution >= 4 is 11.4 Å². The standard InChI is InChI=1S/C12H9N3O5/c16-11-6-3-9(7-12(11)17)14-13-8-1-4-10(5-2-8)20-15(18)19/h1-7,16-17H/b14-13+. The zero-order chi connectivity index (χ0) is 14.5. The fourth-order valence-electron chi connectivity index (χ4n) is 1.35. The Bertz CT molecular complexity index is 655. The highest BCUT2D eigenvalue weighted by atomic mass is 17.0. The van der Waals surface area contributed by atoms with E-state index in [9.17, 15) is 15.2 Å². The number of phenolic OH excluding ortho intramolecular Hbond substituents is 2. The van der Waals surface area contributed by atoms with Gasteiger partial charge in [0.15, 0.2) is 11.5 Å². The van der Waals surface area contributed by atoms with Crippen molar-refractivity contribution in [3.63, 3.8) is 0 Å². The fraction of sp³-hybridized carbons (Fsp3) is 0. The van der Waals surface area contributed by atoms with Gasteiger partial charge in [-0.1, -0.05) is 0 Å². The number of nitrogens with zero attached hydrogens (tertiary/aromatic N) is 3. The van der Waals surface area contributed by atoms with Gasteiger partial charge in [-0.2, -0.15) is 10.2 Å². The minimum absolute atomic E-state index is 0.0798. The molecule has 0 saturated heterocycles. The second kappa shape index (κ2) is 5.65. The lowest BCUT2D eigenvalue weighted by molar-refractivity contribution is -0.711. The van der Waals surface area contributed by atoms with Crippen LogP contribution in [0.25, 0.3) is 0 Å². The van der Waals surface area contributed by atoms with Crippen LogP contribution in [0.2, 0.25) is 0 Å². The smallest absolute Gasteiger partial charge is 0.299 e. The molecule has 102 valence electrons. The number of benzene rings is 2. The van der Waals surface area contributed by atoms with Gasteiger partial charge < -0.3 is 10.2 Å². The lowest BCUT2D eigenvalue weighted by atomic mass is 10.3. The maximum absolute atomic E-state index is 10.1. The molecule has 0 atom stereocenters. The molecular formula is C12H9N3O5. The summed E-state index contributed by atoms with van der Waals surface area (Å²) in [5, 5.41) is 35.4. The molecule has 0 fully saturated rings. The van der Waals surface area contributed by atoms with Crippen LogP contribution < -0.4 is 4.84 Å². The molecule has 0 amide bonds. The van der Waals surface area contributed by atoms with Crippen LogP contribution in [0.15, 0.2) is 52.7 Å². The molecule has 0 aliphatic rings. The van der Waals surface area contributed by atoms with Crippen LogP contribution in [0.3, 0.4) is 0 Å². The molecule has 8 heteroatoms. The van der Waals surface area contributed by atoms with Crippen LogP contribution >= 0.6 is 0 Å². The first kappa shape index (κ1) is 13.3. The summed E-state index contributed by atoms with van der Waals surface area (Å²) in [7, 11) is 0. The minimum atomic E-state index is -0.907. The summed E-state index contributed by atoms with van der Waals surface area (Å²) in [6.07, 6.45) is 0. The predicted octanol–water partition coefficient (Wildman–Crippen LogP) is 3.08. The van der Waals surface area contributed by atoms with Crippen LogP contribution in [0, 0.1) is 10.1 Å². The molecule has 0 aliphatic carbocycles. The van der Waals surface area contributed by atoms with Gasteiger partial charge in [-0.3, -0.25) is 4.84 Å². The van der Waals surface area contributed by atoms with Gasteiger partial charge in [-0.05, 0) is 36.4 Å². The molecule has 0 heterocycles. The third-order valence-electron chi connectivity index (χ3n) is 2.26. The van der Waals surface area contributed by atoms with Crippen LogP contribution in [0.5, 0.6) is 17.2 Å². The highest BCUT2D eigenvalue weighted by Gasteiger charge is 2.00. The zero-order valence-electron chi connectivity index (χ0n) is 10.0. The normalized spacial score (nSPS) is 10.6. The highest BCUT2D eigenvalue weighted by molar-refractivity contribution is 5.50. The Labute approximate surface area is 112 Å². The van der Waals surface area contributed by atoms with Gasteiger partial charge in [0, 0.05) is 6.07 Å².